The minimum atomic E-state index is -2.55. The van der Waals surface area contributed by atoms with Crippen molar-refractivity contribution in [1.82, 2.24) is 0 Å². The first-order valence-electron chi connectivity index (χ1n) is 5.76. The smallest absolute Gasteiger partial charge is 0.449 e. The van der Waals surface area contributed by atoms with E-state index >= 15 is 0 Å². The van der Waals surface area contributed by atoms with Crippen molar-refractivity contribution in [3.63, 3.8) is 0 Å². The number of hydrogen-bond acceptors (Lipinski definition) is 1. The zero-order chi connectivity index (χ0) is 11.9. The molecule has 16 heavy (non-hydrogen) atoms. The number of benzene rings is 1. The van der Waals surface area contributed by atoms with Gasteiger partial charge in [0.1, 0.15) is 5.75 Å². The number of unbranched alkanes of at least 4 members (excludes halogenated alkanes) is 3. The molecular formula is C12H18Cl2OSi. The Balaban J connectivity index is 2.33. The molecule has 0 atom stereocenters. The molecule has 0 aliphatic heterocycles. The molecule has 90 valence electrons. The summed E-state index contributed by atoms with van der Waals surface area (Å²) in [6.07, 6.45) is 4.70. The van der Waals surface area contributed by atoms with E-state index in [1.54, 1.807) is 0 Å². The fourth-order valence-electron chi connectivity index (χ4n) is 1.47. The van der Waals surface area contributed by atoms with Crippen LogP contribution in [0.15, 0.2) is 30.3 Å². The molecule has 0 saturated heterocycles. The molecule has 0 aromatic heterocycles. The summed E-state index contributed by atoms with van der Waals surface area (Å²) in [5, 5.41) is 0. The molecule has 0 saturated carbocycles. The Morgan fingerprint density at radius 2 is 1.75 bits per heavy atom. The Labute approximate surface area is 108 Å². The van der Waals surface area contributed by atoms with Crippen LogP contribution in [0, 0.1) is 0 Å². The van der Waals surface area contributed by atoms with Crippen LogP contribution >= 0.6 is 22.2 Å². The fraction of sp³-hybridized carbons (Fsp3) is 0.500. The lowest BCUT2D eigenvalue weighted by Crippen LogP contribution is -2.28. The largest absolute Gasteiger partial charge is 0.518 e. The van der Waals surface area contributed by atoms with Crippen molar-refractivity contribution in [3.8, 4) is 5.75 Å². The monoisotopic (exact) mass is 276 g/mol. The Hall–Kier alpha value is -0.183. The predicted molar refractivity (Wildman–Crippen MR) is 73.5 cm³/mol. The van der Waals surface area contributed by atoms with Crippen LogP contribution in [-0.2, 0) is 0 Å². The normalized spacial score (nSPS) is 11.4. The van der Waals surface area contributed by atoms with Crippen LogP contribution in [0.5, 0.6) is 5.75 Å². The molecule has 4 heteroatoms. The van der Waals surface area contributed by atoms with Gasteiger partial charge < -0.3 is 4.43 Å². The van der Waals surface area contributed by atoms with Crippen molar-refractivity contribution in [2.24, 2.45) is 0 Å². The van der Waals surface area contributed by atoms with Crippen LogP contribution in [0.4, 0.5) is 0 Å². The van der Waals surface area contributed by atoms with E-state index < -0.39 is 6.94 Å². The Kier molecular flexibility index (Phi) is 6.25. The SMILES string of the molecule is CCCCCC[Si](Cl)(Cl)Oc1ccccc1. The molecule has 1 aromatic rings. The number of halogens is 2. The van der Waals surface area contributed by atoms with Crippen LogP contribution < -0.4 is 4.43 Å². The number of para-hydroxylation sites is 1. The molecule has 0 heterocycles. The zero-order valence-corrected chi connectivity index (χ0v) is 12.1. The third kappa shape index (κ3) is 5.78. The van der Waals surface area contributed by atoms with E-state index in [1.807, 2.05) is 30.3 Å². The molecule has 0 unspecified atom stereocenters. The van der Waals surface area contributed by atoms with Crippen LogP contribution in [0.25, 0.3) is 0 Å². The van der Waals surface area contributed by atoms with Gasteiger partial charge in [0, 0.05) is 6.04 Å². The fourth-order valence-corrected chi connectivity index (χ4v) is 4.05. The highest BCUT2D eigenvalue weighted by Crippen LogP contribution is 2.27. The van der Waals surface area contributed by atoms with Crippen molar-refractivity contribution >= 4 is 29.1 Å². The Bertz CT molecular complexity index is 290. The van der Waals surface area contributed by atoms with Gasteiger partial charge in [-0.2, -0.15) is 0 Å². The summed E-state index contributed by atoms with van der Waals surface area (Å²) in [4.78, 5) is 0. The first kappa shape index (κ1) is 13.9. The maximum Gasteiger partial charge on any atom is 0.449 e. The predicted octanol–water partition coefficient (Wildman–Crippen LogP) is 5.06. The number of rotatable bonds is 7. The maximum absolute atomic E-state index is 6.23. The average Bonchev–Trinajstić information content (AvgIpc) is 2.25. The minimum absolute atomic E-state index is 0.773. The van der Waals surface area contributed by atoms with Gasteiger partial charge in [-0.15, -0.1) is 0 Å². The third-order valence-electron chi connectivity index (χ3n) is 2.33. The van der Waals surface area contributed by atoms with Gasteiger partial charge in [-0.05, 0) is 12.1 Å². The zero-order valence-electron chi connectivity index (χ0n) is 9.59. The molecule has 0 aliphatic carbocycles. The summed E-state index contributed by atoms with van der Waals surface area (Å²) in [6.45, 7) is -0.363. The highest BCUT2D eigenvalue weighted by molar-refractivity contribution is 7.42. The van der Waals surface area contributed by atoms with Gasteiger partial charge in [0.15, 0.2) is 0 Å². The number of hydrogen-bond donors (Lipinski definition) is 0. The van der Waals surface area contributed by atoms with E-state index in [0.717, 1.165) is 18.2 Å². The van der Waals surface area contributed by atoms with Gasteiger partial charge in [-0.1, -0.05) is 73.0 Å². The lowest BCUT2D eigenvalue weighted by molar-refractivity contribution is 0.567. The van der Waals surface area contributed by atoms with Crippen molar-refractivity contribution in [3.05, 3.63) is 30.3 Å². The second-order valence-electron chi connectivity index (χ2n) is 3.86. The van der Waals surface area contributed by atoms with E-state index in [4.69, 9.17) is 26.6 Å². The molecule has 1 nitrogen and oxygen atoms in total. The standard InChI is InChI=1S/C12H18Cl2OSi/c1-2-3-4-8-11-16(13,14)15-12-9-6-5-7-10-12/h5-7,9-10H,2-4,8,11H2,1H3. The molecule has 0 fully saturated rings. The van der Waals surface area contributed by atoms with Crippen molar-refractivity contribution in [1.29, 1.82) is 0 Å². The van der Waals surface area contributed by atoms with Crippen LogP contribution in [0.3, 0.4) is 0 Å². The highest BCUT2D eigenvalue weighted by Gasteiger charge is 2.32. The maximum atomic E-state index is 6.23. The molecule has 0 radical (unpaired) electrons. The van der Waals surface area contributed by atoms with Gasteiger partial charge in [0.2, 0.25) is 0 Å². The van der Waals surface area contributed by atoms with Crippen LogP contribution in [0.1, 0.15) is 32.6 Å². The molecule has 1 rings (SSSR count). The van der Waals surface area contributed by atoms with E-state index in [-0.39, 0.29) is 0 Å². The Morgan fingerprint density at radius 1 is 1.06 bits per heavy atom. The topological polar surface area (TPSA) is 9.23 Å². The lowest BCUT2D eigenvalue weighted by Gasteiger charge is -2.18. The Morgan fingerprint density at radius 3 is 2.38 bits per heavy atom. The van der Waals surface area contributed by atoms with E-state index in [2.05, 4.69) is 6.92 Å². The van der Waals surface area contributed by atoms with E-state index in [9.17, 15) is 0 Å². The molecule has 0 spiro atoms. The van der Waals surface area contributed by atoms with Crippen LogP contribution in [-0.4, -0.2) is 6.94 Å². The second-order valence-corrected chi connectivity index (χ2v) is 10.1. The quantitative estimate of drug-likeness (QED) is 0.384. The molecule has 0 N–H and O–H groups in total. The first-order valence-corrected chi connectivity index (χ1v) is 9.90. The molecule has 1 aromatic carbocycles. The highest BCUT2D eigenvalue weighted by atomic mass is 35.7. The second kappa shape index (κ2) is 7.20. The van der Waals surface area contributed by atoms with E-state index in [1.165, 1.54) is 19.3 Å². The molecule has 0 bridgehead atoms. The third-order valence-corrected chi connectivity index (χ3v) is 5.40. The molecule has 0 amide bonds. The van der Waals surface area contributed by atoms with Crippen molar-refractivity contribution in [2.45, 2.75) is 38.7 Å². The summed E-state index contributed by atoms with van der Waals surface area (Å²) >= 11 is 12.5. The van der Waals surface area contributed by atoms with Gasteiger partial charge in [0.25, 0.3) is 0 Å². The van der Waals surface area contributed by atoms with Crippen LogP contribution in [0.2, 0.25) is 6.04 Å². The summed E-state index contributed by atoms with van der Waals surface area (Å²) in [5.41, 5.74) is 0. The first-order chi connectivity index (χ1) is 7.64. The van der Waals surface area contributed by atoms with Crippen molar-refractivity contribution in [2.75, 3.05) is 0 Å². The summed E-state index contributed by atoms with van der Waals surface area (Å²) < 4.78 is 5.65. The van der Waals surface area contributed by atoms with E-state index in [0.29, 0.717) is 0 Å². The van der Waals surface area contributed by atoms with Gasteiger partial charge in [-0.3, -0.25) is 0 Å². The molecular weight excluding hydrogens is 259 g/mol. The van der Waals surface area contributed by atoms with Gasteiger partial charge in [0.05, 0.1) is 0 Å². The minimum Gasteiger partial charge on any atom is -0.518 e. The summed E-state index contributed by atoms with van der Waals surface area (Å²) in [6, 6.07) is 10.4. The average molecular weight is 277 g/mol. The van der Waals surface area contributed by atoms with Gasteiger partial charge in [-0.25, -0.2) is 0 Å². The van der Waals surface area contributed by atoms with Gasteiger partial charge >= 0.3 is 6.94 Å². The lowest BCUT2D eigenvalue weighted by atomic mass is 10.2. The summed E-state index contributed by atoms with van der Waals surface area (Å²) in [5.74, 6) is 0.773. The van der Waals surface area contributed by atoms with Crippen molar-refractivity contribution < 1.29 is 4.43 Å². The summed E-state index contributed by atoms with van der Waals surface area (Å²) in [7, 11) is 0. The molecule has 0 aliphatic rings.